The van der Waals surface area contributed by atoms with E-state index in [0.29, 0.717) is 8.73 Å². The SMILES string of the molecule is CPN1C(=O)C2CCCCCCCC2C1=O. The molecule has 0 spiro atoms. The normalized spacial score (nSPS) is 32.7. The largest absolute Gasteiger partial charge is 0.274 e. The Bertz CT molecular complexity index is 267. The maximum atomic E-state index is 12.1. The molecule has 0 bridgehead atoms. The first-order chi connectivity index (χ1) is 7.75. The van der Waals surface area contributed by atoms with Crippen molar-refractivity contribution in [3.8, 4) is 0 Å². The molecule has 16 heavy (non-hydrogen) atoms. The van der Waals surface area contributed by atoms with Gasteiger partial charge in [0.25, 0.3) is 0 Å². The van der Waals surface area contributed by atoms with E-state index < -0.39 is 0 Å². The lowest BCUT2D eigenvalue weighted by molar-refractivity contribution is -0.133. The number of carbonyl (C=O) groups is 2. The van der Waals surface area contributed by atoms with Gasteiger partial charge in [-0.2, -0.15) is 0 Å². The molecule has 1 heterocycles. The fourth-order valence-corrected chi connectivity index (χ4v) is 3.69. The molecule has 3 unspecified atom stereocenters. The molecule has 0 aromatic rings. The minimum Gasteiger partial charge on any atom is -0.274 e. The summed E-state index contributed by atoms with van der Waals surface area (Å²) < 4.78 is 1.50. The monoisotopic (exact) mass is 241 g/mol. The van der Waals surface area contributed by atoms with Crippen LogP contribution in [0, 0.1) is 11.8 Å². The van der Waals surface area contributed by atoms with Crippen molar-refractivity contribution in [1.29, 1.82) is 0 Å². The molecule has 3 nitrogen and oxygen atoms in total. The Kier molecular flexibility index (Phi) is 3.96. The summed E-state index contributed by atoms with van der Waals surface area (Å²) in [5.41, 5.74) is 0. The molecular formula is C12H20NO2P. The van der Waals surface area contributed by atoms with Gasteiger partial charge in [0.05, 0.1) is 11.8 Å². The van der Waals surface area contributed by atoms with Crippen molar-refractivity contribution in [2.75, 3.05) is 6.66 Å². The van der Waals surface area contributed by atoms with Gasteiger partial charge in [0.1, 0.15) is 0 Å². The summed E-state index contributed by atoms with van der Waals surface area (Å²) in [6.45, 7) is 1.92. The molecule has 0 radical (unpaired) electrons. The van der Waals surface area contributed by atoms with E-state index in [1.54, 1.807) is 0 Å². The number of nitrogens with zero attached hydrogens (tertiary/aromatic N) is 1. The van der Waals surface area contributed by atoms with Crippen molar-refractivity contribution < 1.29 is 9.59 Å². The molecule has 2 rings (SSSR count). The van der Waals surface area contributed by atoms with Crippen LogP contribution in [0.3, 0.4) is 0 Å². The molecule has 1 saturated heterocycles. The molecular weight excluding hydrogens is 221 g/mol. The molecule has 1 saturated carbocycles. The van der Waals surface area contributed by atoms with Gasteiger partial charge in [-0.25, -0.2) is 0 Å². The van der Waals surface area contributed by atoms with Crippen molar-refractivity contribution >= 4 is 20.5 Å². The molecule has 3 atom stereocenters. The minimum atomic E-state index is 0.0121. The van der Waals surface area contributed by atoms with Crippen LogP contribution in [0.2, 0.25) is 0 Å². The first-order valence-corrected chi connectivity index (χ1v) is 7.75. The highest BCUT2D eigenvalue weighted by molar-refractivity contribution is 7.36. The predicted octanol–water partition coefficient (Wildman–Crippen LogP) is 2.56. The van der Waals surface area contributed by atoms with Gasteiger partial charge >= 0.3 is 0 Å². The van der Waals surface area contributed by atoms with Crippen LogP contribution in [0.15, 0.2) is 0 Å². The molecule has 0 aromatic heterocycles. The Morgan fingerprint density at radius 1 is 0.938 bits per heavy atom. The van der Waals surface area contributed by atoms with Gasteiger partial charge in [0.2, 0.25) is 11.8 Å². The summed E-state index contributed by atoms with van der Waals surface area (Å²) in [7, 11) is 0.306. The van der Waals surface area contributed by atoms with Gasteiger partial charge in [-0.15, -0.1) is 0 Å². The zero-order chi connectivity index (χ0) is 11.5. The Morgan fingerprint density at radius 2 is 1.38 bits per heavy atom. The van der Waals surface area contributed by atoms with Crippen LogP contribution in [0.4, 0.5) is 0 Å². The number of hydrogen-bond donors (Lipinski definition) is 0. The lowest BCUT2D eigenvalue weighted by Crippen LogP contribution is -2.22. The summed E-state index contributed by atoms with van der Waals surface area (Å²) in [5.74, 6) is 0.242. The number of imide groups is 1. The summed E-state index contributed by atoms with van der Waals surface area (Å²) >= 11 is 0. The maximum Gasteiger partial charge on any atom is 0.236 e. The fourth-order valence-electron chi connectivity index (χ4n) is 2.91. The summed E-state index contributed by atoms with van der Waals surface area (Å²) in [5, 5.41) is 0. The van der Waals surface area contributed by atoms with E-state index in [1.165, 1.54) is 23.9 Å². The van der Waals surface area contributed by atoms with Crippen molar-refractivity contribution in [2.24, 2.45) is 11.8 Å². The predicted molar refractivity (Wildman–Crippen MR) is 65.4 cm³/mol. The van der Waals surface area contributed by atoms with E-state index in [0.717, 1.165) is 25.7 Å². The first-order valence-electron chi connectivity index (χ1n) is 6.31. The van der Waals surface area contributed by atoms with Crippen molar-refractivity contribution in [1.82, 2.24) is 4.67 Å². The number of carbonyl (C=O) groups excluding carboxylic acids is 2. The average Bonchev–Trinajstić information content (AvgIpc) is 2.57. The second-order valence-electron chi connectivity index (χ2n) is 4.79. The Labute approximate surface area is 98.8 Å². The van der Waals surface area contributed by atoms with E-state index >= 15 is 0 Å². The van der Waals surface area contributed by atoms with Crippen LogP contribution < -0.4 is 0 Å². The number of hydrogen-bond acceptors (Lipinski definition) is 2. The highest BCUT2D eigenvalue weighted by Crippen LogP contribution is 2.39. The van der Waals surface area contributed by atoms with Crippen LogP contribution in [0.1, 0.15) is 44.9 Å². The highest BCUT2D eigenvalue weighted by Gasteiger charge is 2.45. The van der Waals surface area contributed by atoms with E-state index in [2.05, 4.69) is 0 Å². The molecule has 4 heteroatoms. The molecule has 1 aliphatic carbocycles. The third-order valence-corrected chi connectivity index (χ3v) is 4.70. The van der Waals surface area contributed by atoms with E-state index in [1.807, 2.05) is 6.66 Å². The summed E-state index contributed by atoms with van der Waals surface area (Å²) in [6, 6.07) is 0. The van der Waals surface area contributed by atoms with E-state index in [-0.39, 0.29) is 23.7 Å². The quantitative estimate of drug-likeness (QED) is 0.522. The van der Waals surface area contributed by atoms with Crippen molar-refractivity contribution in [3.63, 3.8) is 0 Å². The molecule has 0 N–H and O–H groups in total. The smallest absolute Gasteiger partial charge is 0.236 e. The Hall–Kier alpha value is -0.430. The number of rotatable bonds is 1. The van der Waals surface area contributed by atoms with Crippen molar-refractivity contribution in [2.45, 2.75) is 44.9 Å². The van der Waals surface area contributed by atoms with Gasteiger partial charge in [0.15, 0.2) is 0 Å². The third-order valence-electron chi connectivity index (χ3n) is 3.81. The zero-order valence-corrected chi connectivity index (χ0v) is 10.9. The van der Waals surface area contributed by atoms with Gasteiger partial charge in [-0.05, 0) is 28.2 Å². The van der Waals surface area contributed by atoms with Gasteiger partial charge in [-0.1, -0.05) is 32.1 Å². The Morgan fingerprint density at radius 3 is 1.81 bits per heavy atom. The average molecular weight is 241 g/mol. The minimum absolute atomic E-state index is 0.0121. The lowest BCUT2D eigenvalue weighted by atomic mass is 9.88. The summed E-state index contributed by atoms with van der Waals surface area (Å²) in [4.78, 5) is 24.1. The standard InChI is InChI=1S/C12H20NO2P/c1-16-13-11(14)9-7-5-3-2-4-6-8-10(9)12(13)15/h9-10,16H,2-8H2,1H3. The zero-order valence-electron chi connectivity index (χ0n) is 9.87. The fraction of sp³-hybridized carbons (Fsp3) is 0.833. The topological polar surface area (TPSA) is 37.4 Å². The molecule has 2 amide bonds. The molecule has 2 fully saturated rings. The molecule has 0 aromatic carbocycles. The maximum absolute atomic E-state index is 12.1. The molecule has 2 aliphatic rings. The third kappa shape index (κ3) is 2.15. The number of fused-ring (bicyclic) bond motifs is 1. The van der Waals surface area contributed by atoms with Crippen LogP contribution in [-0.2, 0) is 9.59 Å². The molecule has 90 valence electrons. The second kappa shape index (κ2) is 5.27. The number of amides is 2. The van der Waals surface area contributed by atoms with Gasteiger partial charge in [-0.3, -0.25) is 14.3 Å². The first kappa shape index (κ1) is 12.0. The van der Waals surface area contributed by atoms with Gasteiger partial charge in [0, 0.05) is 0 Å². The highest BCUT2D eigenvalue weighted by atomic mass is 31.1. The Balaban J connectivity index is 2.14. The summed E-state index contributed by atoms with van der Waals surface area (Å²) in [6.07, 6.45) is 7.79. The van der Waals surface area contributed by atoms with Crippen LogP contribution in [-0.4, -0.2) is 23.1 Å². The van der Waals surface area contributed by atoms with Gasteiger partial charge < -0.3 is 0 Å². The second-order valence-corrected chi connectivity index (χ2v) is 5.69. The van der Waals surface area contributed by atoms with E-state index in [4.69, 9.17) is 0 Å². The molecule has 1 aliphatic heterocycles. The van der Waals surface area contributed by atoms with E-state index in [9.17, 15) is 9.59 Å². The van der Waals surface area contributed by atoms with Crippen molar-refractivity contribution in [3.05, 3.63) is 0 Å². The lowest BCUT2D eigenvalue weighted by Gasteiger charge is -2.12. The van der Waals surface area contributed by atoms with Crippen LogP contribution >= 0.6 is 8.73 Å². The van der Waals surface area contributed by atoms with Crippen LogP contribution in [0.5, 0.6) is 0 Å². The van der Waals surface area contributed by atoms with Crippen LogP contribution in [0.25, 0.3) is 0 Å².